The summed E-state index contributed by atoms with van der Waals surface area (Å²) in [5.74, 6) is 0.168. The second kappa shape index (κ2) is 6.18. The monoisotopic (exact) mass is 335 g/mol. The predicted octanol–water partition coefficient (Wildman–Crippen LogP) is 2.35. The number of furan rings is 1. The molecule has 2 aromatic heterocycles. The fraction of sp³-hybridized carbons (Fsp3) is 0.562. The lowest BCUT2D eigenvalue weighted by molar-refractivity contribution is 0.0286. The zero-order valence-electron chi connectivity index (χ0n) is 14.0. The molecular formula is C16H21N3O5. The van der Waals surface area contributed by atoms with E-state index < -0.39 is 11.4 Å². The molecule has 0 radical (unpaired) electrons. The van der Waals surface area contributed by atoms with Crippen LogP contribution < -0.4 is 5.76 Å². The molecule has 0 saturated carbocycles. The minimum Gasteiger partial charge on any atom is -0.459 e. The summed E-state index contributed by atoms with van der Waals surface area (Å²) in [5.41, 5.74) is -0.518. The van der Waals surface area contributed by atoms with Gasteiger partial charge in [0.05, 0.1) is 12.8 Å². The number of rotatable bonds is 3. The highest BCUT2D eigenvalue weighted by Gasteiger charge is 2.30. The van der Waals surface area contributed by atoms with Gasteiger partial charge in [-0.2, -0.15) is 4.68 Å². The molecule has 1 fully saturated rings. The van der Waals surface area contributed by atoms with Crippen molar-refractivity contribution >= 4 is 6.09 Å². The Kier molecular flexibility index (Phi) is 4.21. The zero-order valence-corrected chi connectivity index (χ0v) is 14.0. The van der Waals surface area contributed by atoms with Gasteiger partial charge >= 0.3 is 11.8 Å². The van der Waals surface area contributed by atoms with Gasteiger partial charge in [-0.3, -0.25) is 0 Å². The third-order valence-electron chi connectivity index (χ3n) is 3.71. The Balaban J connectivity index is 1.62. The Labute approximate surface area is 139 Å². The number of hydrogen-bond donors (Lipinski definition) is 0. The Morgan fingerprint density at radius 2 is 2.25 bits per heavy atom. The lowest BCUT2D eigenvalue weighted by atomic mass is 10.1. The lowest BCUT2D eigenvalue weighted by Gasteiger charge is -2.24. The molecule has 24 heavy (non-hydrogen) atoms. The molecule has 3 rings (SSSR count). The van der Waals surface area contributed by atoms with Crippen LogP contribution in [0.1, 0.15) is 27.2 Å². The van der Waals surface area contributed by atoms with Gasteiger partial charge in [0, 0.05) is 13.1 Å². The maximum atomic E-state index is 12.1. The predicted molar refractivity (Wildman–Crippen MR) is 84.4 cm³/mol. The van der Waals surface area contributed by atoms with E-state index in [2.05, 4.69) is 5.10 Å². The Hall–Kier alpha value is -2.51. The van der Waals surface area contributed by atoms with Gasteiger partial charge in [0.15, 0.2) is 5.76 Å². The molecule has 2 aromatic rings. The fourth-order valence-electron chi connectivity index (χ4n) is 2.64. The minimum absolute atomic E-state index is 0.129. The highest BCUT2D eigenvalue weighted by molar-refractivity contribution is 5.68. The van der Waals surface area contributed by atoms with Crippen molar-refractivity contribution in [2.24, 2.45) is 5.92 Å². The third kappa shape index (κ3) is 3.69. The van der Waals surface area contributed by atoms with E-state index in [-0.39, 0.29) is 17.9 Å². The maximum Gasteiger partial charge on any atom is 0.437 e. The molecule has 3 heterocycles. The zero-order chi connectivity index (χ0) is 17.3. The second-order valence-electron chi connectivity index (χ2n) is 6.91. The van der Waals surface area contributed by atoms with Crippen LogP contribution in [0, 0.1) is 5.92 Å². The van der Waals surface area contributed by atoms with Crippen LogP contribution in [0.15, 0.2) is 32.0 Å². The summed E-state index contributed by atoms with van der Waals surface area (Å²) in [5, 5.41) is 4.15. The van der Waals surface area contributed by atoms with Gasteiger partial charge in [0.2, 0.25) is 0 Å². The summed E-state index contributed by atoms with van der Waals surface area (Å²) >= 11 is 0. The average Bonchev–Trinajstić information content (AvgIpc) is 3.19. The molecule has 1 amide bonds. The van der Waals surface area contributed by atoms with Crippen molar-refractivity contribution in [3.05, 3.63) is 28.9 Å². The van der Waals surface area contributed by atoms with Crippen molar-refractivity contribution in [2.45, 2.75) is 39.3 Å². The number of carbonyl (C=O) groups excluding carboxylic acids is 1. The number of ether oxygens (including phenoxy) is 1. The van der Waals surface area contributed by atoms with E-state index in [0.29, 0.717) is 25.4 Å². The van der Waals surface area contributed by atoms with Crippen molar-refractivity contribution in [1.29, 1.82) is 0 Å². The number of aromatic nitrogens is 2. The SMILES string of the molecule is CC(C)(C)OC(=O)N1CC[C@@H](Cn2nc(-c3ccco3)oc2=O)C1. The van der Waals surface area contributed by atoms with Crippen molar-refractivity contribution in [3.8, 4) is 11.7 Å². The van der Waals surface area contributed by atoms with Crippen molar-refractivity contribution in [1.82, 2.24) is 14.7 Å². The summed E-state index contributed by atoms with van der Waals surface area (Å²) in [4.78, 5) is 25.6. The van der Waals surface area contributed by atoms with Crippen LogP contribution in [-0.4, -0.2) is 39.5 Å². The van der Waals surface area contributed by atoms with E-state index in [0.717, 1.165) is 6.42 Å². The Morgan fingerprint density at radius 1 is 1.46 bits per heavy atom. The van der Waals surface area contributed by atoms with Gasteiger partial charge in [-0.25, -0.2) is 9.59 Å². The first-order valence-electron chi connectivity index (χ1n) is 7.91. The van der Waals surface area contributed by atoms with Crippen LogP contribution in [0.3, 0.4) is 0 Å². The Morgan fingerprint density at radius 3 is 2.92 bits per heavy atom. The largest absolute Gasteiger partial charge is 0.459 e. The van der Waals surface area contributed by atoms with E-state index in [1.54, 1.807) is 17.0 Å². The number of hydrogen-bond acceptors (Lipinski definition) is 6. The first-order chi connectivity index (χ1) is 11.3. The quantitative estimate of drug-likeness (QED) is 0.855. The van der Waals surface area contributed by atoms with Crippen LogP contribution in [0.2, 0.25) is 0 Å². The maximum absolute atomic E-state index is 12.1. The third-order valence-corrected chi connectivity index (χ3v) is 3.71. The van der Waals surface area contributed by atoms with E-state index >= 15 is 0 Å². The van der Waals surface area contributed by atoms with Crippen molar-refractivity contribution in [3.63, 3.8) is 0 Å². The van der Waals surface area contributed by atoms with Crippen LogP contribution in [-0.2, 0) is 11.3 Å². The first kappa shape index (κ1) is 16.4. The summed E-state index contributed by atoms with van der Waals surface area (Å²) in [7, 11) is 0. The number of carbonyl (C=O) groups is 1. The average molecular weight is 335 g/mol. The topological polar surface area (TPSA) is 90.7 Å². The molecule has 0 spiro atoms. The van der Waals surface area contributed by atoms with Gasteiger partial charge < -0.3 is 18.5 Å². The number of likely N-dealkylation sites (tertiary alicyclic amines) is 1. The molecule has 0 aromatic carbocycles. The second-order valence-corrected chi connectivity index (χ2v) is 6.91. The number of amides is 1. The summed E-state index contributed by atoms with van der Waals surface area (Å²) in [6.45, 7) is 7.04. The molecule has 1 aliphatic rings. The highest BCUT2D eigenvalue weighted by Crippen LogP contribution is 2.21. The summed E-state index contributed by atoms with van der Waals surface area (Å²) < 4.78 is 16.9. The van der Waals surface area contributed by atoms with Gasteiger partial charge in [0.1, 0.15) is 5.60 Å². The van der Waals surface area contributed by atoms with Crippen LogP contribution in [0.4, 0.5) is 4.79 Å². The standard InChI is InChI=1S/C16H21N3O5/c1-16(2,3)24-14(20)18-7-6-11(9-18)10-19-15(21)23-13(17-19)12-5-4-8-22-12/h4-5,8,11H,6-7,9-10H2,1-3H3/t11-/m1/s1. The van der Waals surface area contributed by atoms with E-state index in [1.807, 2.05) is 20.8 Å². The molecule has 8 heteroatoms. The molecule has 1 aliphatic heterocycles. The van der Waals surface area contributed by atoms with Gasteiger partial charge in [0.25, 0.3) is 5.89 Å². The number of nitrogens with zero attached hydrogens (tertiary/aromatic N) is 3. The molecule has 1 atom stereocenters. The normalized spacial score (nSPS) is 18.1. The van der Waals surface area contributed by atoms with Crippen LogP contribution in [0.5, 0.6) is 0 Å². The van der Waals surface area contributed by atoms with E-state index in [1.165, 1.54) is 10.9 Å². The molecule has 0 unspecified atom stereocenters. The van der Waals surface area contributed by atoms with Crippen molar-refractivity contribution in [2.75, 3.05) is 13.1 Å². The smallest absolute Gasteiger partial charge is 0.437 e. The van der Waals surface area contributed by atoms with Crippen LogP contribution in [0.25, 0.3) is 11.7 Å². The highest BCUT2D eigenvalue weighted by atomic mass is 16.6. The van der Waals surface area contributed by atoms with E-state index in [4.69, 9.17) is 13.6 Å². The van der Waals surface area contributed by atoms with Gasteiger partial charge in [-0.05, 0) is 45.2 Å². The van der Waals surface area contributed by atoms with Crippen LogP contribution >= 0.6 is 0 Å². The molecular weight excluding hydrogens is 314 g/mol. The molecule has 130 valence electrons. The molecule has 0 bridgehead atoms. The Bertz CT molecular complexity index is 754. The minimum atomic E-state index is -0.530. The first-order valence-corrected chi connectivity index (χ1v) is 7.91. The van der Waals surface area contributed by atoms with Gasteiger partial charge in [-0.1, -0.05) is 0 Å². The van der Waals surface area contributed by atoms with E-state index in [9.17, 15) is 9.59 Å². The summed E-state index contributed by atoms with van der Waals surface area (Å²) in [6.07, 6.45) is 1.95. The summed E-state index contributed by atoms with van der Waals surface area (Å²) in [6, 6.07) is 3.37. The lowest BCUT2D eigenvalue weighted by Crippen LogP contribution is -2.35. The molecule has 1 saturated heterocycles. The molecule has 0 N–H and O–H groups in total. The molecule has 8 nitrogen and oxygen atoms in total. The molecule has 0 aliphatic carbocycles. The fourth-order valence-corrected chi connectivity index (χ4v) is 2.64. The van der Waals surface area contributed by atoms with Crippen molar-refractivity contribution < 1.29 is 18.4 Å². The van der Waals surface area contributed by atoms with Gasteiger partial charge in [-0.15, -0.1) is 5.10 Å².